The lowest BCUT2D eigenvalue weighted by Crippen LogP contribution is -2.36. The molecule has 0 aromatic heterocycles. The zero-order chi connectivity index (χ0) is 17.5. The van der Waals surface area contributed by atoms with E-state index < -0.39 is 0 Å². The molecule has 0 aliphatic rings. The molecule has 4 nitrogen and oxygen atoms in total. The summed E-state index contributed by atoms with van der Waals surface area (Å²) in [6, 6.07) is 14.1. The Morgan fingerprint density at radius 3 is 2.46 bits per heavy atom. The zero-order valence-electron chi connectivity index (χ0n) is 14.0. The first-order valence-electron chi connectivity index (χ1n) is 7.61. The van der Waals surface area contributed by atoms with Crippen LogP contribution in [0.1, 0.15) is 11.6 Å². The quantitative estimate of drug-likeness (QED) is 0.783. The minimum Gasteiger partial charge on any atom is -0.496 e. The molecule has 0 amide bonds. The maximum absolute atomic E-state index is 12.9. The number of methoxy groups -OCH3 is 1. The van der Waals surface area contributed by atoms with E-state index in [0.717, 1.165) is 17.0 Å². The molecule has 2 N–H and O–H groups in total. The van der Waals surface area contributed by atoms with Crippen LogP contribution in [-0.4, -0.2) is 37.8 Å². The van der Waals surface area contributed by atoms with Gasteiger partial charge in [-0.05, 0) is 56.6 Å². The molecule has 2 rings (SSSR count). The summed E-state index contributed by atoms with van der Waals surface area (Å²) in [5.41, 5.74) is 1.83. The summed E-state index contributed by atoms with van der Waals surface area (Å²) >= 11 is 5.32. The minimum atomic E-state index is -0.275. The van der Waals surface area contributed by atoms with E-state index in [1.165, 1.54) is 12.1 Å². The van der Waals surface area contributed by atoms with Crippen LogP contribution in [0.25, 0.3) is 0 Å². The molecule has 0 radical (unpaired) electrons. The van der Waals surface area contributed by atoms with Crippen molar-refractivity contribution in [2.75, 3.05) is 33.1 Å². The normalized spacial score (nSPS) is 11.9. The van der Waals surface area contributed by atoms with E-state index in [1.54, 1.807) is 19.2 Å². The average molecular weight is 347 g/mol. The third kappa shape index (κ3) is 4.91. The molecule has 0 spiro atoms. The van der Waals surface area contributed by atoms with Crippen LogP contribution in [0.4, 0.5) is 10.1 Å². The van der Waals surface area contributed by atoms with Crippen molar-refractivity contribution >= 4 is 23.0 Å². The summed E-state index contributed by atoms with van der Waals surface area (Å²) < 4.78 is 18.4. The number of likely N-dealkylation sites (N-methyl/N-ethyl adjacent to an activating group) is 1. The first-order chi connectivity index (χ1) is 11.5. The first kappa shape index (κ1) is 18.2. The molecule has 0 aliphatic carbocycles. The lowest BCUT2D eigenvalue weighted by atomic mass is 10.0. The second kappa shape index (κ2) is 8.61. The highest BCUT2D eigenvalue weighted by Gasteiger charge is 2.18. The van der Waals surface area contributed by atoms with Gasteiger partial charge >= 0.3 is 0 Å². The molecule has 0 heterocycles. The Hall–Kier alpha value is -2.18. The first-order valence-corrected chi connectivity index (χ1v) is 8.02. The number of halogens is 1. The molecule has 1 atom stereocenters. The summed E-state index contributed by atoms with van der Waals surface area (Å²) in [6.07, 6.45) is 0. The smallest absolute Gasteiger partial charge is 0.170 e. The maximum atomic E-state index is 12.9. The van der Waals surface area contributed by atoms with Crippen molar-refractivity contribution in [2.45, 2.75) is 6.04 Å². The molecule has 128 valence electrons. The summed E-state index contributed by atoms with van der Waals surface area (Å²) in [5.74, 6) is 0.568. The number of benzene rings is 2. The van der Waals surface area contributed by atoms with Crippen molar-refractivity contribution in [3.8, 4) is 5.75 Å². The second-order valence-electron chi connectivity index (χ2n) is 5.56. The van der Waals surface area contributed by atoms with Crippen molar-refractivity contribution in [2.24, 2.45) is 0 Å². The number of ether oxygens (including phenoxy) is 1. The topological polar surface area (TPSA) is 36.5 Å². The fraction of sp³-hybridized carbons (Fsp3) is 0.278. The third-order valence-corrected chi connectivity index (χ3v) is 3.93. The summed E-state index contributed by atoms with van der Waals surface area (Å²) in [5, 5.41) is 6.74. The standard InChI is InChI=1S/C18H22FN3OS/c1-22(2)16(15-6-4-5-7-17(15)23-3)12-20-18(24)21-14-10-8-13(19)9-11-14/h4-11,16H,12H2,1-3H3,(H2,20,21,24)/t16-/m1/s1. The van der Waals surface area contributed by atoms with Crippen molar-refractivity contribution in [3.63, 3.8) is 0 Å². The minimum absolute atomic E-state index is 0.0918. The van der Waals surface area contributed by atoms with E-state index in [-0.39, 0.29) is 11.9 Å². The van der Waals surface area contributed by atoms with Gasteiger partial charge in [0.1, 0.15) is 11.6 Å². The van der Waals surface area contributed by atoms with Gasteiger partial charge in [0.2, 0.25) is 0 Å². The number of anilines is 1. The van der Waals surface area contributed by atoms with Crippen LogP contribution in [0.15, 0.2) is 48.5 Å². The number of rotatable bonds is 6. The number of para-hydroxylation sites is 1. The summed E-state index contributed by atoms with van der Waals surface area (Å²) in [7, 11) is 5.68. The van der Waals surface area contributed by atoms with Gasteiger partial charge in [-0.2, -0.15) is 0 Å². The molecule has 0 saturated carbocycles. The largest absolute Gasteiger partial charge is 0.496 e. The van der Waals surface area contributed by atoms with Crippen LogP contribution in [-0.2, 0) is 0 Å². The highest BCUT2D eigenvalue weighted by Crippen LogP contribution is 2.27. The number of nitrogens with one attached hydrogen (secondary N) is 2. The molecular formula is C18H22FN3OS. The van der Waals surface area contributed by atoms with Crippen LogP contribution in [0.5, 0.6) is 5.75 Å². The second-order valence-corrected chi connectivity index (χ2v) is 5.97. The van der Waals surface area contributed by atoms with Crippen molar-refractivity contribution in [3.05, 3.63) is 59.9 Å². The van der Waals surface area contributed by atoms with Crippen LogP contribution in [0, 0.1) is 5.82 Å². The Balaban J connectivity index is 2.01. The fourth-order valence-electron chi connectivity index (χ4n) is 2.41. The van der Waals surface area contributed by atoms with Gasteiger partial charge in [0.15, 0.2) is 5.11 Å². The van der Waals surface area contributed by atoms with Crippen LogP contribution < -0.4 is 15.4 Å². The van der Waals surface area contributed by atoms with E-state index in [4.69, 9.17) is 17.0 Å². The Morgan fingerprint density at radius 2 is 1.83 bits per heavy atom. The van der Waals surface area contributed by atoms with Gasteiger partial charge < -0.3 is 20.3 Å². The van der Waals surface area contributed by atoms with E-state index in [0.29, 0.717) is 11.7 Å². The summed E-state index contributed by atoms with van der Waals surface area (Å²) in [4.78, 5) is 2.10. The number of hydrogen-bond acceptors (Lipinski definition) is 3. The number of nitrogens with zero attached hydrogens (tertiary/aromatic N) is 1. The molecule has 0 fully saturated rings. The number of hydrogen-bond donors (Lipinski definition) is 2. The van der Waals surface area contributed by atoms with Gasteiger partial charge in [0.25, 0.3) is 0 Å². The molecule has 2 aromatic carbocycles. The van der Waals surface area contributed by atoms with E-state index in [9.17, 15) is 4.39 Å². The Bertz CT molecular complexity index is 676. The zero-order valence-corrected chi connectivity index (χ0v) is 14.9. The van der Waals surface area contributed by atoms with Crippen LogP contribution in [0.3, 0.4) is 0 Å². The Morgan fingerprint density at radius 1 is 1.17 bits per heavy atom. The van der Waals surface area contributed by atoms with Gasteiger partial charge in [-0.15, -0.1) is 0 Å². The SMILES string of the molecule is COc1ccccc1[C@@H](CNC(=S)Nc1ccc(F)cc1)N(C)C. The highest BCUT2D eigenvalue weighted by molar-refractivity contribution is 7.80. The fourth-order valence-corrected chi connectivity index (χ4v) is 2.61. The molecule has 2 aromatic rings. The van der Waals surface area contributed by atoms with E-state index >= 15 is 0 Å². The van der Waals surface area contributed by atoms with Crippen molar-refractivity contribution in [1.82, 2.24) is 10.2 Å². The molecule has 0 bridgehead atoms. The van der Waals surface area contributed by atoms with Gasteiger partial charge in [-0.25, -0.2) is 4.39 Å². The Kier molecular flexibility index (Phi) is 6.52. The molecule has 24 heavy (non-hydrogen) atoms. The van der Waals surface area contributed by atoms with Crippen LogP contribution in [0.2, 0.25) is 0 Å². The van der Waals surface area contributed by atoms with Gasteiger partial charge in [0.05, 0.1) is 13.2 Å². The third-order valence-electron chi connectivity index (χ3n) is 3.68. The van der Waals surface area contributed by atoms with Gasteiger partial charge in [0, 0.05) is 17.8 Å². The monoisotopic (exact) mass is 347 g/mol. The molecule has 0 aliphatic heterocycles. The Labute approximate surface area is 147 Å². The lowest BCUT2D eigenvalue weighted by molar-refractivity contribution is 0.288. The van der Waals surface area contributed by atoms with Crippen molar-refractivity contribution < 1.29 is 9.13 Å². The van der Waals surface area contributed by atoms with Gasteiger partial charge in [-0.1, -0.05) is 18.2 Å². The lowest BCUT2D eigenvalue weighted by Gasteiger charge is -2.27. The molecule has 0 saturated heterocycles. The van der Waals surface area contributed by atoms with Crippen LogP contribution >= 0.6 is 12.2 Å². The van der Waals surface area contributed by atoms with E-state index in [2.05, 4.69) is 15.5 Å². The maximum Gasteiger partial charge on any atom is 0.170 e. The average Bonchev–Trinajstić information content (AvgIpc) is 2.57. The molecule has 0 unspecified atom stereocenters. The molecule has 6 heteroatoms. The van der Waals surface area contributed by atoms with Gasteiger partial charge in [-0.3, -0.25) is 0 Å². The predicted octanol–water partition coefficient (Wildman–Crippen LogP) is 3.42. The number of thiocarbonyl (C=S) groups is 1. The predicted molar refractivity (Wildman–Crippen MR) is 100 cm³/mol. The summed E-state index contributed by atoms with van der Waals surface area (Å²) in [6.45, 7) is 0.612. The van der Waals surface area contributed by atoms with Crippen molar-refractivity contribution in [1.29, 1.82) is 0 Å². The highest BCUT2D eigenvalue weighted by atomic mass is 32.1. The van der Waals surface area contributed by atoms with E-state index in [1.807, 2.05) is 38.4 Å². The molecular weight excluding hydrogens is 325 g/mol.